The van der Waals surface area contributed by atoms with Crippen molar-refractivity contribution in [2.45, 2.75) is 56.6 Å². The highest BCUT2D eigenvalue weighted by molar-refractivity contribution is 5.73. The van der Waals surface area contributed by atoms with Crippen LogP contribution in [0.4, 0.5) is 4.79 Å². The number of carbonyl (C=O) groups is 1. The lowest BCUT2D eigenvalue weighted by molar-refractivity contribution is -0.126. The van der Waals surface area contributed by atoms with Crippen molar-refractivity contribution in [3.63, 3.8) is 0 Å². The number of nitriles is 1. The van der Waals surface area contributed by atoms with Crippen molar-refractivity contribution in [3.8, 4) is 34.8 Å². The molecule has 4 aliphatic heterocycles. The molecule has 0 aromatic heterocycles. The van der Waals surface area contributed by atoms with E-state index in [0.717, 1.165) is 11.1 Å². The van der Waals surface area contributed by atoms with Gasteiger partial charge in [-0.05, 0) is 31.4 Å². The van der Waals surface area contributed by atoms with Gasteiger partial charge in [-0.3, -0.25) is 9.80 Å². The number of ether oxygens (including phenoxy) is 5. The number of hydrogen-bond acceptors (Lipinski definition) is 11. The Hall–Kier alpha value is -4.44. The van der Waals surface area contributed by atoms with Gasteiger partial charge in [0.05, 0.1) is 44.0 Å². The van der Waals surface area contributed by atoms with E-state index in [2.05, 4.69) is 19.2 Å². The number of aryl methyl sites for hydroxylation is 1. The van der Waals surface area contributed by atoms with E-state index in [-0.39, 0.29) is 37.7 Å². The van der Waals surface area contributed by atoms with E-state index in [4.69, 9.17) is 23.7 Å². The van der Waals surface area contributed by atoms with Gasteiger partial charge in [0.25, 0.3) is 0 Å². The van der Waals surface area contributed by atoms with Crippen LogP contribution in [0.25, 0.3) is 0 Å². The van der Waals surface area contributed by atoms with Crippen LogP contribution in [0.5, 0.6) is 28.7 Å². The molecule has 232 valence electrons. The third-order valence-corrected chi connectivity index (χ3v) is 9.08. The molecule has 3 N–H and O–H groups in total. The first-order valence-corrected chi connectivity index (χ1v) is 14.4. The van der Waals surface area contributed by atoms with Crippen molar-refractivity contribution in [2.75, 3.05) is 33.7 Å². The number of methoxy groups -OCH3 is 1. The Morgan fingerprint density at radius 1 is 1.16 bits per heavy atom. The fourth-order valence-corrected chi connectivity index (χ4v) is 7.50. The molecule has 0 unspecified atom stereocenters. The van der Waals surface area contributed by atoms with Crippen LogP contribution in [0.1, 0.15) is 51.6 Å². The number of nitrogens with zero attached hydrogens (tertiary/aromatic N) is 3. The highest BCUT2D eigenvalue weighted by Gasteiger charge is 2.62. The molecule has 0 radical (unpaired) electrons. The first-order valence-electron chi connectivity index (χ1n) is 14.4. The Labute approximate surface area is 254 Å². The van der Waals surface area contributed by atoms with E-state index in [1.165, 1.54) is 18.1 Å². The smallest absolute Gasteiger partial charge is 0.411 e. The lowest BCUT2D eigenvalue weighted by Crippen LogP contribution is -2.71. The second kappa shape index (κ2) is 11.2. The number of aromatic hydroxyl groups is 1. The second-order valence-electron chi connectivity index (χ2n) is 11.2. The van der Waals surface area contributed by atoms with Gasteiger partial charge in [-0.25, -0.2) is 4.79 Å². The highest BCUT2D eigenvalue weighted by Crippen LogP contribution is 2.61. The van der Waals surface area contributed by atoms with Crippen molar-refractivity contribution in [1.82, 2.24) is 9.80 Å². The molecule has 0 saturated carbocycles. The highest BCUT2D eigenvalue weighted by atomic mass is 16.7. The van der Waals surface area contributed by atoms with Gasteiger partial charge in [0.1, 0.15) is 31.1 Å². The maximum absolute atomic E-state index is 13.9. The predicted octanol–water partition coefficient (Wildman–Crippen LogP) is 3.26. The SMILES string of the molecule is C=CCOC(=O)N1[C@@H]2c3c(cc(C)c(OC)c3OCC=C)C[C@H]1[C@H](C#N)N1[C@H]2[C@@H](O)c2c(O)c(C)c3c(c2[C@@H]1CO)OCO3. The summed E-state index contributed by atoms with van der Waals surface area (Å²) in [4.78, 5) is 17.1. The van der Waals surface area contributed by atoms with Gasteiger partial charge in [-0.1, -0.05) is 31.4 Å². The maximum Gasteiger partial charge on any atom is 0.411 e. The van der Waals surface area contributed by atoms with Crippen LogP contribution in [0, 0.1) is 25.2 Å². The third-order valence-electron chi connectivity index (χ3n) is 9.08. The van der Waals surface area contributed by atoms with Gasteiger partial charge < -0.3 is 39.0 Å². The summed E-state index contributed by atoms with van der Waals surface area (Å²) in [5, 5.41) is 45.4. The molecule has 6 rings (SSSR count). The zero-order chi connectivity index (χ0) is 31.4. The lowest BCUT2D eigenvalue weighted by Gasteiger charge is -2.60. The van der Waals surface area contributed by atoms with E-state index in [1.807, 2.05) is 13.0 Å². The van der Waals surface area contributed by atoms with Crippen molar-refractivity contribution in [1.29, 1.82) is 5.26 Å². The molecular weight excluding hydrogens is 570 g/mol. The van der Waals surface area contributed by atoms with Crippen molar-refractivity contribution < 1.29 is 43.8 Å². The molecule has 4 aliphatic rings. The lowest BCUT2D eigenvalue weighted by atomic mass is 9.70. The molecule has 2 aromatic rings. The molecule has 1 amide bonds. The van der Waals surface area contributed by atoms with Crippen LogP contribution in [-0.4, -0.2) is 83.1 Å². The quantitative estimate of drug-likeness (QED) is 0.399. The van der Waals surface area contributed by atoms with Crippen molar-refractivity contribution in [3.05, 3.63) is 64.8 Å². The fourth-order valence-electron chi connectivity index (χ4n) is 7.50. The topological polar surface area (TPSA) is 154 Å². The molecule has 1 saturated heterocycles. The Kier molecular flexibility index (Phi) is 7.57. The minimum atomic E-state index is -1.46. The Morgan fingerprint density at radius 2 is 1.89 bits per heavy atom. The molecule has 1 fully saturated rings. The van der Waals surface area contributed by atoms with Gasteiger partial charge in [0.2, 0.25) is 6.79 Å². The Bertz CT molecular complexity index is 1580. The molecule has 44 heavy (non-hydrogen) atoms. The number of phenolic OH excluding ortho intramolecular Hbond substituents is 1. The number of benzene rings is 2. The standard InChI is InChI=1S/C32H35N3O9/c1-6-8-41-30-21-17(10-15(3)28(30)40-5)11-18-19(12-33)34-20(13-36)22-23(26(37)16(4)29-31(22)44-14-43-29)27(38)25(34)24(21)35(18)32(39)42-9-7-2/h6-7,10,18-20,24-25,27,36-38H,1-2,8-9,11,13-14H2,3-5H3/t18-,19-,20-,24+,25+,27-/m0/s1. The van der Waals surface area contributed by atoms with Gasteiger partial charge in [0, 0.05) is 22.3 Å². The molecule has 6 atom stereocenters. The van der Waals surface area contributed by atoms with Crippen LogP contribution < -0.4 is 18.9 Å². The van der Waals surface area contributed by atoms with E-state index in [9.17, 15) is 25.4 Å². The summed E-state index contributed by atoms with van der Waals surface area (Å²) in [6.45, 7) is 10.4. The molecule has 0 spiro atoms. The Morgan fingerprint density at radius 3 is 2.55 bits per heavy atom. The zero-order valence-corrected chi connectivity index (χ0v) is 24.8. The fraction of sp³-hybridized carbons (Fsp3) is 0.438. The second-order valence-corrected chi connectivity index (χ2v) is 11.2. The number of hydrogen-bond donors (Lipinski definition) is 3. The van der Waals surface area contributed by atoms with E-state index >= 15 is 0 Å². The number of carbonyl (C=O) groups excluding carboxylic acids is 1. The number of fused-ring (bicyclic) bond motifs is 9. The first-order chi connectivity index (χ1) is 21.2. The molecular formula is C32H35N3O9. The zero-order valence-electron chi connectivity index (χ0n) is 24.8. The van der Waals surface area contributed by atoms with Gasteiger partial charge in [-0.15, -0.1) is 0 Å². The van der Waals surface area contributed by atoms with Crippen molar-refractivity contribution in [2.24, 2.45) is 0 Å². The van der Waals surface area contributed by atoms with Gasteiger partial charge >= 0.3 is 6.09 Å². The minimum absolute atomic E-state index is 0.0710. The molecule has 12 nitrogen and oxygen atoms in total. The van der Waals surface area contributed by atoms with Crippen LogP contribution in [-0.2, 0) is 11.2 Å². The Balaban J connectivity index is 1.67. The van der Waals surface area contributed by atoms with Crippen LogP contribution in [0.3, 0.4) is 0 Å². The monoisotopic (exact) mass is 605 g/mol. The van der Waals surface area contributed by atoms with Crippen LogP contribution in [0.15, 0.2) is 31.4 Å². The van der Waals surface area contributed by atoms with E-state index in [1.54, 1.807) is 17.9 Å². The predicted molar refractivity (Wildman–Crippen MR) is 156 cm³/mol. The van der Waals surface area contributed by atoms with Gasteiger partial charge in [-0.2, -0.15) is 5.26 Å². The summed E-state index contributed by atoms with van der Waals surface area (Å²) in [6, 6.07) is -0.331. The van der Waals surface area contributed by atoms with E-state index < -0.39 is 49.0 Å². The van der Waals surface area contributed by atoms with Crippen LogP contribution in [0.2, 0.25) is 0 Å². The van der Waals surface area contributed by atoms with Crippen LogP contribution >= 0.6 is 0 Å². The first kappa shape index (κ1) is 29.6. The summed E-state index contributed by atoms with van der Waals surface area (Å²) in [7, 11) is 1.52. The number of phenols is 1. The summed E-state index contributed by atoms with van der Waals surface area (Å²) in [6.07, 6.45) is 1.13. The number of amides is 1. The number of aliphatic hydroxyl groups is 2. The maximum atomic E-state index is 13.9. The van der Waals surface area contributed by atoms with Gasteiger partial charge in [0.15, 0.2) is 23.0 Å². The summed E-state index contributed by atoms with van der Waals surface area (Å²) >= 11 is 0. The third kappa shape index (κ3) is 4.03. The molecule has 2 bridgehead atoms. The number of aliphatic hydroxyl groups excluding tert-OH is 2. The summed E-state index contributed by atoms with van der Waals surface area (Å²) in [5.74, 6) is 1.22. The normalized spacial score (nSPS) is 26.0. The summed E-state index contributed by atoms with van der Waals surface area (Å²) in [5.41, 5.74) is 3.03. The minimum Gasteiger partial charge on any atom is -0.507 e. The van der Waals surface area contributed by atoms with E-state index in [0.29, 0.717) is 39.7 Å². The molecule has 2 aromatic carbocycles. The number of rotatable bonds is 7. The number of piperazine rings is 1. The van der Waals surface area contributed by atoms with Crippen molar-refractivity contribution >= 4 is 6.09 Å². The molecule has 0 aliphatic carbocycles. The average Bonchev–Trinajstić information content (AvgIpc) is 3.51. The molecule has 12 heteroatoms. The molecule has 4 heterocycles. The largest absolute Gasteiger partial charge is 0.507 e. The summed E-state index contributed by atoms with van der Waals surface area (Å²) < 4.78 is 29.0. The average molecular weight is 606 g/mol.